The molecular formula is C24H30N4O2S. The van der Waals surface area contributed by atoms with Crippen molar-refractivity contribution in [3.8, 4) is 5.75 Å². The van der Waals surface area contributed by atoms with E-state index in [1.165, 1.54) is 5.56 Å². The Morgan fingerprint density at radius 1 is 1.16 bits per heavy atom. The van der Waals surface area contributed by atoms with Crippen molar-refractivity contribution in [2.45, 2.75) is 44.5 Å². The lowest BCUT2D eigenvalue weighted by Crippen LogP contribution is -2.54. The molecule has 2 aromatic carbocycles. The molecule has 0 unspecified atom stereocenters. The minimum Gasteiger partial charge on any atom is -0.484 e. The van der Waals surface area contributed by atoms with Crippen molar-refractivity contribution in [2.75, 3.05) is 19.6 Å². The first-order chi connectivity index (χ1) is 15.1. The van der Waals surface area contributed by atoms with Crippen LogP contribution in [0.5, 0.6) is 5.75 Å². The Labute approximate surface area is 189 Å². The van der Waals surface area contributed by atoms with Gasteiger partial charge in [-0.15, -0.1) is 0 Å². The number of amides is 1. The number of carbonyl (C=O) groups is 1. The Hall–Kier alpha value is -2.64. The summed E-state index contributed by atoms with van der Waals surface area (Å²) in [5.41, 5.74) is 2.34. The third kappa shape index (κ3) is 5.95. The lowest BCUT2D eigenvalue weighted by atomic mass is 10.0. The van der Waals surface area contributed by atoms with Crippen LogP contribution < -0.4 is 20.7 Å². The predicted molar refractivity (Wildman–Crippen MR) is 126 cm³/mol. The van der Waals surface area contributed by atoms with E-state index in [2.05, 4.69) is 46.0 Å². The topological polar surface area (TPSA) is 65.6 Å². The highest BCUT2D eigenvalue weighted by atomic mass is 32.1. The molecule has 2 aromatic rings. The smallest absolute Gasteiger partial charge is 0.222 e. The zero-order valence-electron chi connectivity index (χ0n) is 17.8. The minimum atomic E-state index is -0.0398. The van der Waals surface area contributed by atoms with Crippen LogP contribution in [0.1, 0.15) is 37.0 Å². The summed E-state index contributed by atoms with van der Waals surface area (Å²) < 4.78 is 6.37. The number of benzene rings is 2. The fraction of sp³-hybridized carbons (Fsp3) is 0.417. The van der Waals surface area contributed by atoms with Crippen molar-refractivity contribution in [2.24, 2.45) is 0 Å². The van der Waals surface area contributed by atoms with Gasteiger partial charge in [0.15, 0.2) is 5.11 Å². The van der Waals surface area contributed by atoms with E-state index in [4.69, 9.17) is 17.0 Å². The van der Waals surface area contributed by atoms with Gasteiger partial charge in [-0.3, -0.25) is 9.69 Å². The summed E-state index contributed by atoms with van der Waals surface area (Å²) in [6, 6.07) is 18.9. The molecule has 1 fully saturated rings. The molecule has 2 heterocycles. The molecule has 7 heteroatoms. The molecular weight excluding hydrogens is 408 g/mol. The lowest BCUT2D eigenvalue weighted by molar-refractivity contribution is -0.121. The van der Waals surface area contributed by atoms with Gasteiger partial charge in [-0.05, 0) is 37.2 Å². The second-order valence-electron chi connectivity index (χ2n) is 8.37. The standard InChI is InChI=1S/C24H30N4O2S/c1-17-13-20(27-24(31)26-17)14-23(29)25-11-12-28-15-19-9-5-6-10-21(19)30-22(16-28)18-7-3-2-4-8-18/h2-10,17,20,22H,11-16H2,1H3,(H,25,29)(H2,26,27,31)/t17-,20+,22-/m1/s1. The molecule has 0 saturated carbocycles. The maximum absolute atomic E-state index is 12.5. The maximum Gasteiger partial charge on any atom is 0.222 e. The normalized spacial score (nSPS) is 23.5. The number of rotatable bonds is 6. The molecule has 0 aromatic heterocycles. The van der Waals surface area contributed by atoms with Crippen molar-refractivity contribution in [3.05, 3.63) is 65.7 Å². The lowest BCUT2D eigenvalue weighted by Gasteiger charge is -2.30. The quantitative estimate of drug-likeness (QED) is 0.603. The zero-order valence-corrected chi connectivity index (χ0v) is 18.7. The Balaban J connectivity index is 1.34. The second-order valence-corrected chi connectivity index (χ2v) is 8.77. The first kappa shape index (κ1) is 21.6. The molecule has 3 N–H and O–H groups in total. The third-order valence-electron chi connectivity index (χ3n) is 5.76. The molecule has 6 nitrogen and oxygen atoms in total. The molecule has 0 aliphatic carbocycles. The number of carbonyl (C=O) groups excluding carboxylic acids is 1. The first-order valence-electron chi connectivity index (χ1n) is 10.9. The molecule has 1 amide bonds. The average molecular weight is 439 g/mol. The van der Waals surface area contributed by atoms with Crippen LogP contribution in [0.25, 0.3) is 0 Å². The zero-order chi connectivity index (χ0) is 21.6. The summed E-state index contributed by atoms with van der Waals surface area (Å²) in [4.78, 5) is 14.8. The van der Waals surface area contributed by atoms with E-state index in [1.54, 1.807) is 0 Å². The summed E-state index contributed by atoms with van der Waals surface area (Å²) in [7, 11) is 0. The van der Waals surface area contributed by atoms with Crippen LogP contribution in [0.4, 0.5) is 0 Å². The number of hydrogen-bond donors (Lipinski definition) is 3. The van der Waals surface area contributed by atoms with Crippen molar-refractivity contribution < 1.29 is 9.53 Å². The number of fused-ring (bicyclic) bond motifs is 1. The van der Waals surface area contributed by atoms with E-state index >= 15 is 0 Å². The summed E-state index contributed by atoms with van der Waals surface area (Å²) >= 11 is 5.21. The molecule has 0 radical (unpaired) electrons. The van der Waals surface area contributed by atoms with Crippen LogP contribution in [-0.2, 0) is 11.3 Å². The summed E-state index contributed by atoms with van der Waals surface area (Å²) in [5.74, 6) is 0.991. The molecule has 0 bridgehead atoms. The van der Waals surface area contributed by atoms with Crippen molar-refractivity contribution >= 4 is 23.2 Å². The molecule has 2 aliphatic heterocycles. The second kappa shape index (κ2) is 10.1. The Morgan fingerprint density at radius 2 is 1.94 bits per heavy atom. The van der Waals surface area contributed by atoms with Gasteiger partial charge in [-0.25, -0.2) is 0 Å². The van der Waals surface area contributed by atoms with Crippen LogP contribution in [0, 0.1) is 0 Å². The first-order valence-corrected chi connectivity index (χ1v) is 11.3. The van der Waals surface area contributed by atoms with E-state index in [1.807, 2.05) is 36.4 Å². The number of nitrogens with zero attached hydrogens (tertiary/aromatic N) is 1. The SMILES string of the molecule is C[C@@H]1C[C@@H](CC(=O)NCCN2Cc3ccccc3O[C@@H](c3ccccc3)C2)NC(=S)N1. The Bertz CT molecular complexity index is 907. The summed E-state index contributed by atoms with van der Waals surface area (Å²) in [5, 5.41) is 10.1. The largest absolute Gasteiger partial charge is 0.484 e. The maximum atomic E-state index is 12.5. The highest BCUT2D eigenvalue weighted by Crippen LogP contribution is 2.30. The van der Waals surface area contributed by atoms with E-state index in [0.29, 0.717) is 24.1 Å². The monoisotopic (exact) mass is 438 g/mol. The number of hydrogen-bond acceptors (Lipinski definition) is 4. The van der Waals surface area contributed by atoms with Gasteiger partial charge in [0.25, 0.3) is 0 Å². The molecule has 164 valence electrons. The molecule has 4 rings (SSSR count). The summed E-state index contributed by atoms with van der Waals surface area (Å²) in [6.07, 6.45) is 1.28. The van der Waals surface area contributed by atoms with Crippen LogP contribution >= 0.6 is 12.2 Å². The molecule has 3 atom stereocenters. The van der Waals surface area contributed by atoms with Gasteiger partial charge in [0, 0.05) is 50.2 Å². The predicted octanol–water partition coefficient (Wildman–Crippen LogP) is 2.75. The average Bonchev–Trinajstić information content (AvgIpc) is 2.93. The van der Waals surface area contributed by atoms with Crippen LogP contribution in [0.2, 0.25) is 0 Å². The summed E-state index contributed by atoms with van der Waals surface area (Å²) in [6.45, 7) is 5.03. The Kier molecular flexibility index (Phi) is 7.04. The van der Waals surface area contributed by atoms with E-state index in [0.717, 1.165) is 37.4 Å². The van der Waals surface area contributed by atoms with Gasteiger partial charge in [0.1, 0.15) is 11.9 Å². The molecule has 2 aliphatic rings. The van der Waals surface area contributed by atoms with Crippen molar-refractivity contribution in [1.82, 2.24) is 20.9 Å². The Morgan fingerprint density at radius 3 is 2.74 bits per heavy atom. The van der Waals surface area contributed by atoms with E-state index in [9.17, 15) is 4.79 Å². The number of thiocarbonyl (C=S) groups is 1. The van der Waals surface area contributed by atoms with Crippen LogP contribution in [0.3, 0.4) is 0 Å². The molecule has 1 saturated heterocycles. The highest BCUT2D eigenvalue weighted by Gasteiger charge is 2.25. The van der Waals surface area contributed by atoms with Crippen molar-refractivity contribution in [3.63, 3.8) is 0 Å². The minimum absolute atomic E-state index is 0.0398. The molecule has 31 heavy (non-hydrogen) atoms. The van der Waals surface area contributed by atoms with Gasteiger partial charge in [0.05, 0.1) is 0 Å². The van der Waals surface area contributed by atoms with Gasteiger partial charge in [0.2, 0.25) is 5.91 Å². The molecule has 0 spiro atoms. The van der Waals surface area contributed by atoms with Crippen molar-refractivity contribution in [1.29, 1.82) is 0 Å². The van der Waals surface area contributed by atoms with Gasteiger partial charge in [-0.2, -0.15) is 0 Å². The van der Waals surface area contributed by atoms with Gasteiger partial charge < -0.3 is 20.7 Å². The highest BCUT2D eigenvalue weighted by molar-refractivity contribution is 7.80. The third-order valence-corrected chi connectivity index (χ3v) is 6.00. The van der Waals surface area contributed by atoms with Crippen LogP contribution in [0.15, 0.2) is 54.6 Å². The number of ether oxygens (including phenoxy) is 1. The van der Waals surface area contributed by atoms with E-state index < -0.39 is 0 Å². The van der Waals surface area contributed by atoms with E-state index in [-0.39, 0.29) is 18.1 Å². The van der Waals surface area contributed by atoms with Gasteiger partial charge >= 0.3 is 0 Å². The number of para-hydroxylation sites is 1. The van der Waals surface area contributed by atoms with Crippen LogP contribution in [-0.4, -0.2) is 47.6 Å². The number of nitrogens with one attached hydrogen (secondary N) is 3. The van der Waals surface area contributed by atoms with Gasteiger partial charge in [-0.1, -0.05) is 48.5 Å². The fourth-order valence-electron chi connectivity index (χ4n) is 4.27. The fourth-order valence-corrected chi connectivity index (χ4v) is 4.64.